The van der Waals surface area contributed by atoms with E-state index in [0.29, 0.717) is 25.4 Å². The molecule has 9 heteroatoms. The molecule has 3 heterocycles. The highest BCUT2D eigenvalue weighted by Crippen LogP contribution is 2.19. The first-order valence-corrected chi connectivity index (χ1v) is 8.34. The van der Waals surface area contributed by atoms with Crippen LogP contribution in [0.4, 0.5) is 10.1 Å². The predicted molar refractivity (Wildman–Crippen MR) is 92.6 cm³/mol. The lowest BCUT2D eigenvalue weighted by Gasteiger charge is -2.27. The van der Waals surface area contributed by atoms with Crippen LogP contribution in [0.5, 0.6) is 0 Å². The fourth-order valence-corrected chi connectivity index (χ4v) is 2.98. The number of anilines is 1. The molecule has 0 aliphatic carbocycles. The molecule has 1 aromatic carbocycles. The predicted octanol–water partition coefficient (Wildman–Crippen LogP) is 2.23. The number of fused-ring (bicyclic) bond motifs is 1. The van der Waals surface area contributed by atoms with E-state index >= 15 is 0 Å². The van der Waals surface area contributed by atoms with Crippen molar-refractivity contribution < 1.29 is 18.5 Å². The van der Waals surface area contributed by atoms with Crippen LogP contribution >= 0.6 is 0 Å². The maximum absolute atomic E-state index is 14.0. The fraction of sp³-hybridized carbons (Fsp3) is 0.222. The molecule has 1 aliphatic heterocycles. The van der Waals surface area contributed by atoms with Crippen LogP contribution < -0.4 is 5.32 Å². The number of benzene rings is 1. The van der Waals surface area contributed by atoms with Crippen LogP contribution in [0.15, 0.2) is 41.2 Å². The molecule has 0 radical (unpaired) electrons. The first-order valence-electron chi connectivity index (χ1n) is 8.34. The standard InChI is InChI=1S/C18H16FN5O3/c1-11-6-15(22-27-11)17(25)21-14-8-12(7-13(19)9-14)18(26)24-5-4-23-3-2-20-16(23)10-24/h2-3,6-9H,4-5,10H2,1H3,(H,21,25). The molecule has 0 unspecified atom stereocenters. The Bertz CT molecular complexity index is 1030. The van der Waals surface area contributed by atoms with Crippen LogP contribution in [0, 0.1) is 12.7 Å². The van der Waals surface area contributed by atoms with Crippen LogP contribution in [0.2, 0.25) is 0 Å². The van der Waals surface area contributed by atoms with E-state index in [0.717, 1.165) is 18.0 Å². The third-order valence-corrected chi connectivity index (χ3v) is 4.30. The third-order valence-electron chi connectivity index (χ3n) is 4.30. The number of aromatic nitrogens is 3. The average Bonchev–Trinajstić information content (AvgIpc) is 3.28. The molecular formula is C18H16FN5O3. The molecule has 0 bridgehead atoms. The highest BCUT2D eigenvalue weighted by molar-refractivity contribution is 6.03. The first kappa shape index (κ1) is 17.0. The zero-order chi connectivity index (χ0) is 19.0. The Balaban J connectivity index is 1.53. The molecule has 4 rings (SSSR count). The highest BCUT2D eigenvalue weighted by Gasteiger charge is 2.23. The first-order chi connectivity index (χ1) is 13.0. The molecule has 0 saturated heterocycles. The molecular weight excluding hydrogens is 353 g/mol. The van der Waals surface area contributed by atoms with Crippen LogP contribution in [0.1, 0.15) is 32.4 Å². The summed E-state index contributed by atoms with van der Waals surface area (Å²) in [7, 11) is 0. The molecule has 3 aromatic rings. The van der Waals surface area contributed by atoms with E-state index in [4.69, 9.17) is 4.52 Å². The van der Waals surface area contributed by atoms with Gasteiger partial charge >= 0.3 is 0 Å². The van der Waals surface area contributed by atoms with Crippen molar-refractivity contribution in [1.29, 1.82) is 0 Å². The van der Waals surface area contributed by atoms with Gasteiger partial charge in [-0.2, -0.15) is 0 Å². The number of hydrogen-bond donors (Lipinski definition) is 1. The van der Waals surface area contributed by atoms with E-state index in [1.165, 1.54) is 12.1 Å². The summed E-state index contributed by atoms with van der Waals surface area (Å²) in [4.78, 5) is 30.8. The largest absolute Gasteiger partial charge is 0.361 e. The molecule has 27 heavy (non-hydrogen) atoms. The number of hydrogen-bond acceptors (Lipinski definition) is 5. The monoisotopic (exact) mass is 369 g/mol. The van der Waals surface area contributed by atoms with Gasteiger partial charge in [0.05, 0.1) is 6.54 Å². The Kier molecular flexibility index (Phi) is 4.19. The highest BCUT2D eigenvalue weighted by atomic mass is 19.1. The van der Waals surface area contributed by atoms with Crippen LogP contribution in [0.25, 0.3) is 0 Å². The second-order valence-electron chi connectivity index (χ2n) is 6.27. The SMILES string of the molecule is Cc1cc(C(=O)Nc2cc(F)cc(C(=O)N3CCn4ccnc4C3)c2)no1. The summed E-state index contributed by atoms with van der Waals surface area (Å²) < 4.78 is 20.9. The van der Waals surface area contributed by atoms with Crippen LogP contribution in [0.3, 0.4) is 0 Å². The number of carbonyl (C=O) groups is 2. The lowest BCUT2D eigenvalue weighted by Crippen LogP contribution is -2.38. The van der Waals surface area contributed by atoms with Gasteiger partial charge in [0.2, 0.25) is 0 Å². The minimum absolute atomic E-state index is 0.0764. The zero-order valence-corrected chi connectivity index (χ0v) is 14.5. The Morgan fingerprint density at radius 3 is 2.85 bits per heavy atom. The van der Waals surface area contributed by atoms with Crippen molar-refractivity contribution in [2.45, 2.75) is 20.0 Å². The van der Waals surface area contributed by atoms with Crippen LogP contribution in [-0.4, -0.2) is 38.0 Å². The average molecular weight is 369 g/mol. The smallest absolute Gasteiger partial charge is 0.277 e. The molecule has 8 nitrogen and oxygen atoms in total. The van der Waals surface area contributed by atoms with Crippen molar-refractivity contribution in [3.8, 4) is 0 Å². The Hall–Kier alpha value is -3.49. The number of rotatable bonds is 3. The maximum Gasteiger partial charge on any atom is 0.277 e. The molecule has 0 atom stereocenters. The van der Waals surface area contributed by atoms with E-state index in [1.54, 1.807) is 18.0 Å². The van der Waals surface area contributed by atoms with Crippen molar-refractivity contribution in [1.82, 2.24) is 19.6 Å². The van der Waals surface area contributed by atoms with Gasteiger partial charge in [0.1, 0.15) is 17.4 Å². The number of nitrogens with one attached hydrogen (secondary N) is 1. The van der Waals surface area contributed by atoms with Gasteiger partial charge in [-0.1, -0.05) is 5.16 Å². The summed E-state index contributed by atoms with van der Waals surface area (Å²) >= 11 is 0. The molecule has 2 amide bonds. The third kappa shape index (κ3) is 3.43. The Labute approximate surface area is 153 Å². The molecule has 0 fully saturated rings. The minimum atomic E-state index is -0.619. The van der Waals surface area contributed by atoms with Crippen molar-refractivity contribution >= 4 is 17.5 Å². The molecule has 0 spiro atoms. The quantitative estimate of drug-likeness (QED) is 0.764. The van der Waals surface area contributed by atoms with E-state index < -0.39 is 11.7 Å². The van der Waals surface area contributed by atoms with Crippen molar-refractivity contribution in [2.75, 3.05) is 11.9 Å². The molecule has 2 aromatic heterocycles. The lowest BCUT2D eigenvalue weighted by atomic mass is 10.1. The molecule has 1 N–H and O–H groups in total. The van der Waals surface area contributed by atoms with Gasteiger partial charge in [-0.05, 0) is 25.1 Å². The van der Waals surface area contributed by atoms with E-state index in [2.05, 4.69) is 15.5 Å². The van der Waals surface area contributed by atoms with Gasteiger partial charge in [-0.3, -0.25) is 9.59 Å². The van der Waals surface area contributed by atoms with E-state index in [9.17, 15) is 14.0 Å². The van der Waals surface area contributed by atoms with Crippen LogP contribution in [-0.2, 0) is 13.1 Å². The Morgan fingerprint density at radius 1 is 1.22 bits per heavy atom. The maximum atomic E-state index is 14.0. The number of nitrogens with zero attached hydrogens (tertiary/aromatic N) is 4. The van der Waals surface area contributed by atoms with Gasteiger partial charge in [0, 0.05) is 42.8 Å². The minimum Gasteiger partial charge on any atom is -0.361 e. The summed E-state index contributed by atoms with van der Waals surface area (Å²) in [6, 6.07) is 5.21. The molecule has 138 valence electrons. The summed E-state index contributed by atoms with van der Waals surface area (Å²) in [6.07, 6.45) is 3.54. The van der Waals surface area contributed by atoms with E-state index in [1.807, 2.05) is 10.8 Å². The number of carbonyl (C=O) groups excluding carboxylic acids is 2. The van der Waals surface area contributed by atoms with Crippen molar-refractivity contribution in [3.63, 3.8) is 0 Å². The van der Waals surface area contributed by atoms with Gasteiger partial charge in [-0.15, -0.1) is 0 Å². The number of imidazole rings is 1. The fourth-order valence-electron chi connectivity index (χ4n) is 2.98. The summed E-state index contributed by atoms with van der Waals surface area (Å²) in [5, 5.41) is 6.15. The van der Waals surface area contributed by atoms with Gasteiger partial charge < -0.3 is 19.3 Å². The lowest BCUT2D eigenvalue weighted by molar-refractivity contribution is 0.0706. The summed E-state index contributed by atoms with van der Waals surface area (Å²) in [6.45, 7) is 3.14. The number of aryl methyl sites for hydroxylation is 1. The van der Waals surface area contributed by atoms with Gasteiger partial charge in [-0.25, -0.2) is 9.37 Å². The van der Waals surface area contributed by atoms with Crippen molar-refractivity contribution in [3.05, 3.63) is 65.3 Å². The van der Waals surface area contributed by atoms with Gasteiger partial charge in [0.25, 0.3) is 11.8 Å². The molecule has 0 saturated carbocycles. The topological polar surface area (TPSA) is 93.3 Å². The number of halogens is 1. The normalized spacial score (nSPS) is 13.3. The number of amides is 2. The summed E-state index contributed by atoms with van der Waals surface area (Å²) in [5.41, 5.74) is 0.400. The summed E-state index contributed by atoms with van der Waals surface area (Å²) in [5.74, 6) is -0.224. The second kappa shape index (κ2) is 6.67. The van der Waals surface area contributed by atoms with Gasteiger partial charge in [0.15, 0.2) is 5.69 Å². The van der Waals surface area contributed by atoms with E-state index in [-0.39, 0.29) is 22.9 Å². The van der Waals surface area contributed by atoms with Crippen molar-refractivity contribution in [2.24, 2.45) is 0 Å². The zero-order valence-electron chi connectivity index (χ0n) is 14.5. The second-order valence-corrected chi connectivity index (χ2v) is 6.27. The molecule has 1 aliphatic rings. The Morgan fingerprint density at radius 2 is 2.07 bits per heavy atom.